The van der Waals surface area contributed by atoms with Crippen molar-refractivity contribution in [3.63, 3.8) is 0 Å². The summed E-state index contributed by atoms with van der Waals surface area (Å²) in [6, 6.07) is 0.698. The van der Waals surface area contributed by atoms with Gasteiger partial charge in [-0.3, -0.25) is 0 Å². The third-order valence-electron chi connectivity index (χ3n) is 2.77. The highest BCUT2D eigenvalue weighted by Gasteiger charge is 2.08. The van der Waals surface area contributed by atoms with Crippen LogP contribution in [0.3, 0.4) is 0 Å². The van der Waals surface area contributed by atoms with Crippen LogP contribution in [0.15, 0.2) is 0 Å². The van der Waals surface area contributed by atoms with Crippen LogP contribution >= 0.6 is 0 Å². The van der Waals surface area contributed by atoms with E-state index in [0.29, 0.717) is 23.9 Å². The van der Waals surface area contributed by atoms with Crippen LogP contribution in [0.25, 0.3) is 0 Å². The Morgan fingerprint density at radius 3 is 2.32 bits per heavy atom. The molecule has 1 aromatic rings. The van der Waals surface area contributed by atoms with Crippen molar-refractivity contribution in [1.82, 2.24) is 19.9 Å². The molecule has 19 heavy (non-hydrogen) atoms. The maximum atomic E-state index is 5.08. The summed E-state index contributed by atoms with van der Waals surface area (Å²) in [5.41, 5.74) is 0. The average molecular weight is 268 g/mol. The summed E-state index contributed by atoms with van der Waals surface area (Å²) in [4.78, 5) is 14.8. The standard InChI is InChI=1S/C12H24N6O/c1-6-7-13-10-15-11(17-12(16-10)19-5)14-8-9(2)18(3)4/h9H,6-8H2,1-5H3,(H2,13,14,15,16,17). The van der Waals surface area contributed by atoms with E-state index in [1.165, 1.54) is 0 Å². The van der Waals surface area contributed by atoms with Crippen molar-refractivity contribution in [2.24, 2.45) is 0 Å². The molecule has 1 rings (SSSR count). The Morgan fingerprint density at radius 2 is 1.79 bits per heavy atom. The van der Waals surface area contributed by atoms with Crippen molar-refractivity contribution in [3.8, 4) is 6.01 Å². The van der Waals surface area contributed by atoms with E-state index in [9.17, 15) is 0 Å². The Morgan fingerprint density at radius 1 is 1.16 bits per heavy atom. The molecule has 1 heterocycles. The molecule has 1 atom stereocenters. The van der Waals surface area contributed by atoms with Crippen LogP contribution in [-0.4, -0.2) is 60.2 Å². The molecule has 0 fully saturated rings. The van der Waals surface area contributed by atoms with Gasteiger partial charge in [-0.2, -0.15) is 15.0 Å². The van der Waals surface area contributed by atoms with Crippen LogP contribution < -0.4 is 15.4 Å². The van der Waals surface area contributed by atoms with Gasteiger partial charge in [-0.25, -0.2) is 0 Å². The fourth-order valence-corrected chi connectivity index (χ4v) is 1.26. The smallest absolute Gasteiger partial charge is 0.322 e. The van der Waals surface area contributed by atoms with Crippen molar-refractivity contribution in [2.75, 3.05) is 44.9 Å². The van der Waals surface area contributed by atoms with E-state index >= 15 is 0 Å². The maximum Gasteiger partial charge on any atom is 0.322 e. The van der Waals surface area contributed by atoms with Crippen molar-refractivity contribution >= 4 is 11.9 Å². The Labute approximate surface area is 114 Å². The predicted molar refractivity (Wildman–Crippen MR) is 76.8 cm³/mol. The molecule has 0 spiro atoms. The Hall–Kier alpha value is -1.63. The van der Waals surface area contributed by atoms with Gasteiger partial charge in [0.05, 0.1) is 7.11 Å². The van der Waals surface area contributed by atoms with Gasteiger partial charge in [0.15, 0.2) is 0 Å². The van der Waals surface area contributed by atoms with Crippen LogP contribution in [0, 0.1) is 0 Å². The van der Waals surface area contributed by atoms with Gasteiger partial charge in [0, 0.05) is 19.1 Å². The lowest BCUT2D eigenvalue weighted by Gasteiger charge is -2.20. The summed E-state index contributed by atoms with van der Waals surface area (Å²) < 4.78 is 5.08. The van der Waals surface area contributed by atoms with Crippen molar-refractivity contribution in [1.29, 1.82) is 0 Å². The molecule has 1 aromatic heterocycles. The van der Waals surface area contributed by atoms with Gasteiger partial charge in [-0.15, -0.1) is 0 Å². The molecule has 0 bridgehead atoms. The monoisotopic (exact) mass is 268 g/mol. The summed E-state index contributed by atoms with van der Waals surface area (Å²) in [5, 5.41) is 6.32. The second kappa shape index (κ2) is 7.73. The van der Waals surface area contributed by atoms with Crippen molar-refractivity contribution < 1.29 is 4.74 Å². The summed E-state index contributed by atoms with van der Waals surface area (Å²) in [6.45, 7) is 5.79. The summed E-state index contributed by atoms with van der Waals surface area (Å²) in [7, 11) is 5.62. The number of nitrogens with one attached hydrogen (secondary N) is 2. The normalized spacial score (nSPS) is 12.3. The molecule has 0 aliphatic heterocycles. The topological polar surface area (TPSA) is 75.2 Å². The van der Waals surface area contributed by atoms with Crippen molar-refractivity contribution in [3.05, 3.63) is 0 Å². The van der Waals surface area contributed by atoms with Crippen molar-refractivity contribution in [2.45, 2.75) is 26.3 Å². The molecule has 0 aliphatic rings. The van der Waals surface area contributed by atoms with E-state index in [4.69, 9.17) is 4.74 Å². The maximum absolute atomic E-state index is 5.08. The predicted octanol–water partition coefficient (Wildman–Crippen LogP) is 1.06. The SMILES string of the molecule is CCCNc1nc(NCC(C)N(C)C)nc(OC)n1. The lowest BCUT2D eigenvalue weighted by atomic mass is 10.3. The number of likely N-dealkylation sites (N-methyl/N-ethyl adjacent to an activating group) is 1. The zero-order valence-electron chi connectivity index (χ0n) is 12.4. The first kappa shape index (κ1) is 15.4. The average Bonchev–Trinajstić information content (AvgIpc) is 2.42. The molecular weight excluding hydrogens is 244 g/mol. The summed E-state index contributed by atoms with van der Waals surface area (Å²) in [6.07, 6.45) is 1.01. The quantitative estimate of drug-likeness (QED) is 0.730. The van der Waals surface area contributed by atoms with Gasteiger partial charge in [0.2, 0.25) is 11.9 Å². The fourth-order valence-electron chi connectivity index (χ4n) is 1.26. The minimum absolute atomic E-state index is 0.314. The van der Waals surface area contributed by atoms with Gasteiger partial charge in [-0.05, 0) is 27.4 Å². The Kier molecular flexibility index (Phi) is 6.27. The zero-order chi connectivity index (χ0) is 14.3. The number of hydrogen-bond donors (Lipinski definition) is 2. The molecule has 0 radical (unpaired) electrons. The third-order valence-corrected chi connectivity index (χ3v) is 2.77. The molecule has 1 unspecified atom stereocenters. The molecule has 7 nitrogen and oxygen atoms in total. The number of ether oxygens (including phenoxy) is 1. The number of aromatic nitrogens is 3. The first-order chi connectivity index (χ1) is 9.06. The van der Waals surface area contributed by atoms with E-state index in [-0.39, 0.29) is 0 Å². The van der Waals surface area contributed by atoms with E-state index < -0.39 is 0 Å². The number of rotatable bonds is 8. The molecular formula is C12H24N6O. The molecule has 2 N–H and O–H groups in total. The zero-order valence-corrected chi connectivity index (χ0v) is 12.4. The van der Waals surface area contributed by atoms with Gasteiger partial charge >= 0.3 is 6.01 Å². The Balaban J connectivity index is 2.70. The first-order valence-electron chi connectivity index (χ1n) is 6.51. The molecule has 7 heteroatoms. The highest BCUT2D eigenvalue weighted by molar-refractivity contribution is 5.35. The second-order valence-corrected chi connectivity index (χ2v) is 4.59. The number of anilines is 2. The number of nitrogens with zero attached hydrogens (tertiary/aromatic N) is 4. The fraction of sp³-hybridized carbons (Fsp3) is 0.750. The van der Waals surface area contributed by atoms with E-state index in [0.717, 1.165) is 19.5 Å². The third kappa shape index (κ3) is 5.25. The van der Waals surface area contributed by atoms with Gasteiger partial charge in [-0.1, -0.05) is 6.92 Å². The highest BCUT2D eigenvalue weighted by Crippen LogP contribution is 2.10. The number of hydrogen-bond acceptors (Lipinski definition) is 7. The van der Waals surface area contributed by atoms with E-state index in [1.807, 2.05) is 14.1 Å². The first-order valence-corrected chi connectivity index (χ1v) is 6.51. The van der Waals surface area contributed by atoms with Crippen LogP contribution in [0.4, 0.5) is 11.9 Å². The van der Waals surface area contributed by atoms with Crippen LogP contribution in [0.2, 0.25) is 0 Å². The molecule has 108 valence electrons. The minimum atomic E-state index is 0.314. The van der Waals surface area contributed by atoms with Gasteiger partial charge in [0.1, 0.15) is 0 Å². The van der Waals surface area contributed by atoms with Gasteiger partial charge in [0.25, 0.3) is 0 Å². The molecule has 0 saturated heterocycles. The lowest BCUT2D eigenvalue weighted by molar-refractivity contribution is 0.325. The molecule has 0 aromatic carbocycles. The lowest BCUT2D eigenvalue weighted by Crippen LogP contribution is -2.32. The molecule has 0 aliphatic carbocycles. The second-order valence-electron chi connectivity index (χ2n) is 4.59. The Bertz CT molecular complexity index is 384. The molecule has 0 amide bonds. The van der Waals surface area contributed by atoms with Crippen LogP contribution in [0.5, 0.6) is 6.01 Å². The minimum Gasteiger partial charge on any atom is -0.467 e. The molecule has 0 saturated carbocycles. The number of methoxy groups -OCH3 is 1. The van der Waals surface area contributed by atoms with Crippen LogP contribution in [0.1, 0.15) is 20.3 Å². The summed E-state index contributed by atoms with van der Waals surface area (Å²) >= 11 is 0. The van der Waals surface area contributed by atoms with Crippen LogP contribution in [-0.2, 0) is 0 Å². The largest absolute Gasteiger partial charge is 0.467 e. The van der Waals surface area contributed by atoms with Gasteiger partial charge < -0.3 is 20.3 Å². The highest BCUT2D eigenvalue weighted by atomic mass is 16.5. The van der Waals surface area contributed by atoms with E-state index in [2.05, 4.69) is 44.3 Å². The van der Waals surface area contributed by atoms with E-state index in [1.54, 1.807) is 7.11 Å². The summed E-state index contributed by atoms with van der Waals surface area (Å²) in [5.74, 6) is 1.06.